The Labute approximate surface area is 151 Å². The largest absolute Gasteiger partial charge is 0.369 e. The Morgan fingerprint density at radius 3 is 2.31 bits per heavy atom. The number of anilines is 2. The highest BCUT2D eigenvalue weighted by Gasteiger charge is 2.13. The molecule has 7 nitrogen and oxygen atoms in total. The van der Waals surface area contributed by atoms with Crippen LogP contribution >= 0.6 is 0 Å². The van der Waals surface area contributed by atoms with E-state index in [1.807, 2.05) is 19.0 Å². The lowest BCUT2D eigenvalue weighted by Gasteiger charge is -2.14. The molecule has 0 aliphatic rings. The van der Waals surface area contributed by atoms with Gasteiger partial charge in [0.25, 0.3) is 0 Å². The van der Waals surface area contributed by atoms with Crippen LogP contribution in [0.4, 0.5) is 20.4 Å². The Balaban J connectivity index is 1.89. The van der Waals surface area contributed by atoms with Gasteiger partial charge in [-0.2, -0.15) is 0 Å². The lowest BCUT2D eigenvalue weighted by Crippen LogP contribution is -2.30. The number of sulfonamides is 1. The molecule has 0 radical (unpaired) electrons. The fourth-order valence-electron chi connectivity index (χ4n) is 2.23. The molecule has 142 valence electrons. The number of benzene rings is 1. The third-order valence-electron chi connectivity index (χ3n) is 3.31. The van der Waals surface area contributed by atoms with Crippen molar-refractivity contribution in [2.24, 2.45) is 0 Å². The molecule has 0 bridgehead atoms. The minimum Gasteiger partial charge on any atom is -0.369 e. The molecule has 2 rings (SSSR count). The van der Waals surface area contributed by atoms with Crippen molar-refractivity contribution in [3.05, 3.63) is 47.3 Å². The Morgan fingerprint density at radius 2 is 1.69 bits per heavy atom. The van der Waals surface area contributed by atoms with Crippen LogP contribution in [0.2, 0.25) is 0 Å². The molecular formula is C16H21F2N5O2S. The van der Waals surface area contributed by atoms with E-state index in [0.717, 1.165) is 18.0 Å². The molecule has 0 unspecified atom stereocenters. The number of nitrogens with zero attached hydrogens (tertiary/aromatic N) is 3. The van der Waals surface area contributed by atoms with Gasteiger partial charge in [-0.3, -0.25) is 0 Å². The molecule has 1 aromatic carbocycles. The molecule has 2 aromatic rings. The molecule has 0 aliphatic heterocycles. The van der Waals surface area contributed by atoms with E-state index in [9.17, 15) is 17.2 Å². The van der Waals surface area contributed by atoms with Crippen LogP contribution in [0.15, 0.2) is 24.3 Å². The summed E-state index contributed by atoms with van der Waals surface area (Å²) in [6, 6.07) is 4.43. The Bertz CT molecular complexity index is 855. The van der Waals surface area contributed by atoms with Crippen LogP contribution in [0, 0.1) is 18.6 Å². The first-order valence-electron chi connectivity index (χ1n) is 7.84. The minimum absolute atomic E-state index is 0.0463. The van der Waals surface area contributed by atoms with Crippen molar-refractivity contribution in [2.75, 3.05) is 37.4 Å². The molecule has 0 saturated heterocycles. The summed E-state index contributed by atoms with van der Waals surface area (Å²) in [4.78, 5) is 10.3. The van der Waals surface area contributed by atoms with Gasteiger partial charge in [0.1, 0.15) is 29.1 Å². The maximum Gasteiger partial charge on any atom is 0.215 e. The van der Waals surface area contributed by atoms with Crippen molar-refractivity contribution in [1.82, 2.24) is 14.7 Å². The van der Waals surface area contributed by atoms with Crippen molar-refractivity contribution < 1.29 is 17.2 Å². The molecule has 0 fully saturated rings. The molecular weight excluding hydrogens is 364 g/mol. The summed E-state index contributed by atoms with van der Waals surface area (Å²) in [6.45, 7) is 2.15. The molecule has 0 atom stereocenters. The van der Waals surface area contributed by atoms with Crippen LogP contribution in [0.25, 0.3) is 0 Å². The summed E-state index contributed by atoms with van der Waals surface area (Å²) >= 11 is 0. The highest BCUT2D eigenvalue weighted by Crippen LogP contribution is 2.13. The van der Waals surface area contributed by atoms with Gasteiger partial charge in [0.15, 0.2) is 0 Å². The fraction of sp³-hybridized carbons (Fsp3) is 0.375. The summed E-state index contributed by atoms with van der Waals surface area (Å²) < 4.78 is 52.7. The smallest absolute Gasteiger partial charge is 0.215 e. The van der Waals surface area contributed by atoms with E-state index in [0.29, 0.717) is 24.3 Å². The first-order valence-corrected chi connectivity index (χ1v) is 9.49. The Hall–Kier alpha value is -2.33. The predicted molar refractivity (Wildman–Crippen MR) is 96.6 cm³/mol. The van der Waals surface area contributed by atoms with Crippen molar-refractivity contribution in [3.63, 3.8) is 0 Å². The summed E-state index contributed by atoms with van der Waals surface area (Å²) in [6.07, 6.45) is 0. The summed E-state index contributed by atoms with van der Waals surface area (Å²) in [5, 5.41) is 3.01. The number of hydrogen-bond donors (Lipinski definition) is 2. The molecule has 0 spiro atoms. The number of aromatic nitrogens is 2. The van der Waals surface area contributed by atoms with Crippen LogP contribution in [-0.4, -0.2) is 45.6 Å². The lowest BCUT2D eigenvalue weighted by atomic mass is 10.2. The van der Waals surface area contributed by atoms with E-state index in [4.69, 9.17) is 0 Å². The number of nitrogens with one attached hydrogen (secondary N) is 2. The summed E-state index contributed by atoms with van der Waals surface area (Å²) in [7, 11) is -0.00450. The monoisotopic (exact) mass is 385 g/mol. The first kappa shape index (κ1) is 20.0. The van der Waals surface area contributed by atoms with Gasteiger partial charge in [-0.1, -0.05) is 0 Å². The molecule has 0 saturated carbocycles. The highest BCUT2D eigenvalue weighted by atomic mass is 32.2. The van der Waals surface area contributed by atoms with E-state index >= 15 is 0 Å². The zero-order chi connectivity index (χ0) is 19.3. The van der Waals surface area contributed by atoms with Gasteiger partial charge < -0.3 is 10.2 Å². The average molecular weight is 385 g/mol. The van der Waals surface area contributed by atoms with Gasteiger partial charge in [0.05, 0.1) is 5.75 Å². The van der Waals surface area contributed by atoms with Crippen LogP contribution in [0.1, 0.15) is 11.4 Å². The van der Waals surface area contributed by atoms with Gasteiger partial charge >= 0.3 is 0 Å². The van der Waals surface area contributed by atoms with Crippen LogP contribution < -0.4 is 14.9 Å². The van der Waals surface area contributed by atoms with E-state index in [1.165, 1.54) is 0 Å². The van der Waals surface area contributed by atoms with Crippen molar-refractivity contribution in [2.45, 2.75) is 12.7 Å². The molecule has 26 heavy (non-hydrogen) atoms. The molecule has 1 heterocycles. The van der Waals surface area contributed by atoms with E-state index in [2.05, 4.69) is 20.0 Å². The minimum atomic E-state index is -3.72. The number of aryl methyl sites for hydroxylation is 1. The SMILES string of the molecule is Cc1nc(NCCNS(=O)(=O)Cc2cc(F)cc(F)c2)cc(N(C)C)n1. The van der Waals surface area contributed by atoms with Crippen LogP contribution in [0.5, 0.6) is 0 Å². The van der Waals surface area contributed by atoms with Crippen molar-refractivity contribution >= 4 is 21.7 Å². The molecule has 1 aromatic heterocycles. The number of rotatable bonds is 8. The predicted octanol–water partition coefficient (Wildman–Crippen LogP) is 1.66. The normalized spacial score (nSPS) is 11.4. The highest BCUT2D eigenvalue weighted by molar-refractivity contribution is 7.88. The third-order valence-corrected chi connectivity index (χ3v) is 4.67. The fourth-order valence-corrected chi connectivity index (χ4v) is 3.35. The van der Waals surface area contributed by atoms with E-state index in [1.54, 1.807) is 13.0 Å². The average Bonchev–Trinajstić information content (AvgIpc) is 2.49. The van der Waals surface area contributed by atoms with Crippen molar-refractivity contribution in [3.8, 4) is 0 Å². The maximum atomic E-state index is 13.1. The van der Waals surface area contributed by atoms with Crippen LogP contribution in [-0.2, 0) is 15.8 Å². The quantitative estimate of drug-likeness (QED) is 0.672. The first-order chi connectivity index (χ1) is 12.1. The summed E-state index contributed by atoms with van der Waals surface area (Å²) in [5.74, 6) is -0.229. The zero-order valence-corrected chi connectivity index (χ0v) is 15.6. The van der Waals surface area contributed by atoms with Gasteiger partial charge in [-0.25, -0.2) is 31.9 Å². The lowest BCUT2D eigenvalue weighted by molar-refractivity contribution is 0.575. The maximum absolute atomic E-state index is 13.1. The second-order valence-corrected chi connectivity index (χ2v) is 7.72. The van der Waals surface area contributed by atoms with Gasteiger partial charge in [-0.15, -0.1) is 0 Å². The van der Waals surface area contributed by atoms with Crippen LogP contribution in [0.3, 0.4) is 0 Å². The zero-order valence-electron chi connectivity index (χ0n) is 14.8. The van der Waals surface area contributed by atoms with E-state index in [-0.39, 0.29) is 12.1 Å². The van der Waals surface area contributed by atoms with Crippen molar-refractivity contribution in [1.29, 1.82) is 0 Å². The summed E-state index contributed by atoms with van der Waals surface area (Å²) in [5.41, 5.74) is 0.0463. The molecule has 0 amide bonds. The molecule has 0 aliphatic carbocycles. The third kappa shape index (κ3) is 6.19. The number of halogens is 2. The molecule has 2 N–H and O–H groups in total. The Kier molecular flexibility index (Phi) is 6.43. The van der Waals surface area contributed by atoms with Gasteiger partial charge in [-0.05, 0) is 24.6 Å². The second-order valence-electron chi connectivity index (χ2n) is 5.91. The van der Waals surface area contributed by atoms with E-state index < -0.39 is 27.4 Å². The topological polar surface area (TPSA) is 87.2 Å². The Morgan fingerprint density at radius 1 is 1.04 bits per heavy atom. The number of hydrogen-bond acceptors (Lipinski definition) is 6. The standard InChI is InChI=1S/C16H21F2N5O2S/c1-11-21-15(9-16(22-11)23(2)3)19-4-5-20-26(24,25)10-12-6-13(17)8-14(18)7-12/h6-9,20H,4-5,10H2,1-3H3,(H,19,21,22). The molecule has 10 heteroatoms. The second kappa shape index (κ2) is 8.37. The van der Waals surface area contributed by atoms with Gasteiger partial charge in [0, 0.05) is 39.3 Å². The van der Waals surface area contributed by atoms with Gasteiger partial charge in [0.2, 0.25) is 10.0 Å².